The van der Waals surface area contributed by atoms with Crippen LogP contribution in [0.2, 0.25) is 5.02 Å². The maximum atomic E-state index is 12.8. The van der Waals surface area contributed by atoms with E-state index in [9.17, 15) is 13.2 Å². The van der Waals surface area contributed by atoms with Gasteiger partial charge in [-0.2, -0.15) is 8.78 Å². The summed E-state index contributed by atoms with van der Waals surface area (Å²) >= 11 is 8.41. The molecule has 130 valence electrons. The van der Waals surface area contributed by atoms with Gasteiger partial charge in [-0.05, 0) is 24.3 Å². The van der Waals surface area contributed by atoms with Crippen LogP contribution in [0.5, 0.6) is 0 Å². The third-order valence-electron chi connectivity index (χ3n) is 3.13. The van der Waals surface area contributed by atoms with Crippen LogP contribution in [0.4, 0.5) is 13.2 Å². The molecule has 9 heteroatoms. The number of halogens is 4. The fourth-order valence-electron chi connectivity index (χ4n) is 1.91. The number of allylic oxidation sites excluding steroid dienone is 1. The molecule has 1 aromatic carbocycles. The highest BCUT2D eigenvalue weighted by Crippen LogP contribution is 2.34. The first kappa shape index (κ1) is 18.0. The molecule has 0 spiro atoms. The minimum Gasteiger partial charge on any atom is -0.356 e. The van der Waals surface area contributed by atoms with E-state index in [1.807, 2.05) is 12.1 Å². The van der Waals surface area contributed by atoms with Crippen molar-refractivity contribution in [2.24, 2.45) is 0 Å². The van der Waals surface area contributed by atoms with E-state index in [2.05, 4.69) is 10.1 Å². The number of benzene rings is 1. The van der Waals surface area contributed by atoms with Crippen molar-refractivity contribution in [3.8, 4) is 21.9 Å². The molecular weight excluding hydrogens is 393 g/mol. The number of hydrogen-bond acceptors (Lipinski definition) is 5. The molecule has 3 aromatic rings. The molecule has 0 bridgehead atoms. The van der Waals surface area contributed by atoms with Crippen LogP contribution in [0.1, 0.15) is 6.42 Å². The van der Waals surface area contributed by atoms with Gasteiger partial charge in [-0.1, -0.05) is 28.5 Å². The maximum absolute atomic E-state index is 12.8. The summed E-state index contributed by atoms with van der Waals surface area (Å²) in [5.74, 6) is -0.599. The molecule has 0 saturated carbocycles. The predicted molar refractivity (Wildman–Crippen MR) is 93.7 cm³/mol. The molecule has 0 N–H and O–H groups in total. The van der Waals surface area contributed by atoms with Crippen LogP contribution in [0.3, 0.4) is 0 Å². The standard InChI is InChI=1S/C16H10ClF3N2OS2/c17-10-3-1-9(2-4-10)13-7-12(22-23-13)14-8-21-16(25-14)24-6-5-11(18)15(19)20/h1-4,7-8H,5-6H2. The molecule has 0 fully saturated rings. The number of rotatable bonds is 6. The zero-order chi connectivity index (χ0) is 17.8. The molecule has 2 heterocycles. The van der Waals surface area contributed by atoms with Crippen LogP contribution >= 0.6 is 34.7 Å². The molecule has 0 saturated heterocycles. The molecular formula is C16H10ClF3N2OS2. The summed E-state index contributed by atoms with van der Waals surface area (Å²) in [7, 11) is 0. The fraction of sp³-hybridized carbons (Fsp3) is 0.125. The largest absolute Gasteiger partial charge is 0.356 e. The van der Waals surface area contributed by atoms with E-state index in [1.54, 1.807) is 24.4 Å². The third kappa shape index (κ3) is 4.65. The summed E-state index contributed by atoms with van der Waals surface area (Å²) in [5, 5.41) is 4.65. The summed E-state index contributed by atoms with van der Waals surface area (Å²) in [5.41, 5.74) is 1.47. The number of aromatic nitrogens is 2. The lowest BCUT2D eigenvalue weighted by molar-refractivity contribution is 0.373. The predicted octanol–water partition coefficient (Wildman–Crippen LogP) is 6.68. The van der Waals surface area contributed by atoms with Gasteiger partial charge < -0.3 is 4.52 Å². The molecule has 25 heavy (non-hydrogen) atoms. The molecule has 3 rings (SSSR count). The minimum absolute atomic E-state index is 0.185. The Morgan fingerprint density at radius 2 is 1.96 bits per heavy atom. The molecule has 0 aliphatic carbocycles. The second-order valence-electron chi connectivity index (χ2n) is 4.84. The number of thiazole rings is 1. The Morgan fingerprint density at radius 1 is 1.20 bits per heavy atom. The Labute approximate surface area is 154 Å². The summed E-state index contributed by atoms with van der Waals surface area (Å²) in [4.78, 5) is 4.96. The number of thioether (sulfide) groups is 1. The number of hydrogen-bond donors (Lipinski definition) is 0. The second-order valence-corrected chi connectivity index (χ2v) is 7.65. The average Bonchev–Trinajstić information content (AvgIpc) is 3.24. The van der Waals surface area contributed by atoms with Gasteiger partial charge in [-0.25, -0.2) is 9.37 Å². The van der Waals surface area contributed by atoms with Crippen LogP contribution in [-0.4, -0.2) is 15.9 Å². The Bertz CT molecular complexity index is 889. The average molecular weight is 403 g/mol. The highest BCUT2D eigenvalue weighted by atomic mass is 35.5. The first-order valence-electron chi connectivity index (χ1n) is 7.04. The Kier molecular flexibility index (Phi) is 5.82. The highest BCUT2D eigenvalue weighted by Gasteiger charge is 2.12. The Balaban J connectivity index is 1.66. The van der Waals surface area contributed by atoms with Crippen LogP contribution in [0.25, 0.3) is 21.9 Å². The summed E-state index contributed by atoms with van der Waals surface area (Å²) in [6, 6.07) is 8.95. The topological polar surface area (TPSA) is 38.9 Å². The van der Waals surface area contributed by atoms with E-state index in [-0.39, 0.29) is 12.2 Å². The first-order chi connectivity index (χ1) is 12.0. The van der Waals surface area contributed by atoms with Gasteiger partial charge in [0.05, 0.1) is 4.88 Å². The maximum Gasteiger partial charge on any atom is 0.301 e. The van der Waals surface area contributed by atoms with E-state index >= 15 is 0 Å². The van der Waals surface area contributed by atoms with Crippen molar-refractivity contribution in [3.05, 3.63) is 53.5 Å². The molecule has 0 aliphatic rings. The van der Waals surface area contributed by atoms with Crippen LogP contribution in [-0.2, 0) is 0 Å². The Hall–Kier alpha value is -1.77. The Morgan fingerprint density at radius 3 is 2.68 bits per heavy atom. The smallest absolute Gasteiger partial charge is 0.301 e. The molecule has 3 nitrogen and oxygen atoms in total. The minimum atomic E-state index is -2.27. The zero-order valence-electron chi connectivity index (χ0n) is 12.5. The van der Waals surface area contributed by atoms with E-state index in [1.165, 1.54) is 23.1 Å². The summed E-state index contributed by atoms with van der Waals surface area (Å²) < 4.78 is 42.7. The number of nitrogens with zero attached hydrogens (tertiary/aromatic N) is 2. The van der Waals surface area contributed by atoms with Gasteiger partial charge in [0.25, 0.3) is 0 Å². The van der Waals surface area contributed by atoms with Crippen LogP contribution in [0, 0.1) is 0 Å². The van der Waals surface area contributed by atoms with Crippen molar-refractivity contribution in [2.45, 2.75) is 10.8 Å². The van der Waals surface area contributed by atoms with Crippen molar-refractivity contribution < 1.29 is 17.7 Å². The summed E-state index contributed by atoms with van der Waals surface area (Å²) in [6.45, 7) is 0. The zero-order valence-corrected chi connectivity index (χ0v) is 14.9. The van der Waals surface area contributed by atoms with Gasteiger partial charge in [0.15, 0.2) is 11.6 Å². The van der Waals surface area contributed by atoms with Crippen molar-refractivity contribution in [2.75, 3.05) is 5.75 Å². The molecule has 0 radical (unpaired) electrons. The van der Waals surface area contributed by atoms with E-state index in [0.29, 0.717) is 20.8 Å². The van der Waals surface area contributed by atoms with Gasteiger partial charge >= 0.3 is 6.08 Å². The monoisotopic (exact) mass is 402 g/mol. The van der Waals surface area contributed by atoms with Gasteiger partial charge in [0, 0.05) is 35.0 Å². The molecule has 0 atom stereocenters. The highest BCUT2D eigenvalue weighted by molar-refractivity contribution is 8.01. The van der Waals surface area contributed by atoms with Gasteiger partial charge in [-0.3, -0.25) is 0 Å². The van der Waals surface area contributed by atoms with Gasteiger partial charge in [0.1, 0.15) is 10.0 Å². The normalized spacial score (nSPS) is 10.9. The van der Waals surface area contributed by atoms with E-state index in [4.69, 9.17) is 16.1 Å². The van der Waals surface area contributed by atoms with E-state index in [0.717, 1.165) is 10.4 Å². The van der Waals surface area contributed by atoms with Crippen molar-refractivity contribution in [3.63, 3.8) is 0 Å². The third-order valence-corrected chi connectivity index (χ3v) is 5.56. The first-order valence-corrected chi connectivity index (χ1v) is 9.22. The van der Waals surface area contributed by atoms with Crippen molar-refractivity contribution >= 4 is 34.7 Å². The lowest BCUT2D eigenvalue weighted by Crippen LogP contribution is -1.81. The lowest BCUT2D eigenvalue weighted by Gasteiger charge is -1.95. The van der Waals surface area contributed by atoms with Gasteiger partial charge in [-0.15, -0.1) is 11.3 Å². The van der Waals surface area contributed by atoms with E-state index < -0.39 is 11.9 Å². The van der Waals surface area contributed by atoms with Crippen molar-refractivity contribution in [1.82, 2.24) is 10.1 Å². The molecule has 0 amide bonds. The second kappa shape index (κ2) is 8.07. The molecule has 0 aliphatic heterocycles. The fourth-order valence-corrected chi connectivity index (χ4v) is 3.97. The quantitative estimate of drug-likeness (QED) is 0.431. The van der Waals surface area contributed by atoms with Gasteiger partial charge in [0.2, 0.25) is 0 Å². The lowest BCUT2D eigenvalue weighted by atomic mass is 10.1. The molecule has 2 aromatic heterocycles. The summed E-state index contributed by atoms with van der Waals surface area (Å²) in [6.07, 6.45) is -0.969. The van der Waals surface area contributed by atoms with Crippen LogP contribution in [0.15, 0.2) is 57.3 Å². The molecule has 0 unspecified atom stereocenters. The SMILES string of the molecule is FC(F)=C(F)CCSc1ncc(-c2cc(-c3ccc(Cl)cc3)on2)s1. The van der Waals surface area contributed by atoms with Crippen molar-refractivity contribution in [1.29, 1.82) is 0 Å². The van der Waals surface area contributed by atoms with Crippen LogP contribution < -0.4 is 0 Å².